The first-order valence-electron chi connectivity index (χ1n) is 5.96. The lowest BCUT2D eigenvalue weighted by Gasteiger charge is -2.23. The fraction of sp³-hybridized carbons (Fsp3) is 0.538. The van der Waals surface area contributed by atoms with Gasteiger partial charge in [0, 0.05) is 17.3 Å². The largest absolute Gasteiger partial charge is 0.385 e. The maximum absolute atomic E-state index is 5.93. The minimum atomic E-state index is 0.754. The van der Waals surface area contributed by atoms with Gasteiger partial charge in [0.05, 0.1) is 0 Å². The van der Waals surface area contributed by atoms with Gasteiger partial charge in [-0.15, -0.1) is 0 Å². The van der Waals surface area contributed by atoms with Gasteiger partial charge >= 0.3 is 0 Å². The summed E-state index contributed by atoms with van der Waals surface area (Å²) in [5.74, 6) is 0.754. The van der Waals surface area contributed by atoms with Crippen molar-refractivity contribution in [2.45, 2.75) is 19.8 Å². The summed E-state index contributed by atoms with van der Waals surface area (Å²) in [5.41, 5.74) is 2.42. The van der Waals surface area contributed by atoms with Crippen LogP contribution in [0.1, 0.15) is 18.4 Å². The second-order valence-electron chi connectivity index (χ2n) is 4.55. The van der Waals surface area contributed by atoms with E-state index in [9.17, 15) is 0 Å². The second-order valence-corrected chi connectivity index (χ2v) is 4.99. The van der Waals surface area contributed by atoms with Crippen LogP contribution in [0.2, 0.25) is 5.02 Å². The second kappa shape index (κ2) is 5.55. The Balaban J connectivity index is 1.88. The Morgan fingerprint density at radius 3 is 3.06 bits per heavy atom. The number of nitrogens with one attached hydrogen (secondary N) is 2. The molecule has 1 unspecified atom stereocenters. The van der Waals surface area contributed by atoms with E-state index in [1.807, 2.05) is 12.1 Å². The number of halogens is 1. The van der Waals surface area contributed by atoms with Crippen molar-refractivity contribution < 1.29 is 0 Å². The monoisotopic (exact) mass is 238 g/mol. The van der Waals surface area contributed by atoms with E-state index in [0.29, 0.717) is 0 Å². The van der Waals surface area contributed by atoms with Crippen LogP contribution in [0.4, 0.5) is 5.69 Å². The maximum Gasteiger partial charge on any atom is 0.0410 e. The third kappa shape index (κ3) is 3.13. The molecule has 0 radical (unpaired) electrons. The molecule has 1 aliphatic heterocycles. The van der Waals surface area contributed by atoms with Crippen LogP contribution in [0, 0.1) is 12.8 Å². The van der Waals surface area contributed by atoms with Gasteiger partial charge in [0.1, 0.15) is 0 Å². The quantitative estimate of drug-likeness (QED) is 0.846. The standard InChI is InChI=1S/C13H19ClN2/c1-10-7-12(14)4-5-13(10)16-9-11-3-2-6-15-8-11/h4-5,7,11,15-16H,2-3,6,8-9H2,1H3. The molecule has 0 bridgehead atoms. The summed E-state index contributed by atoms with van der Waals surface area (Å²) in [4.78, 5) is 0. The minimum absolute atomic E-state index is 0.754. The SMILES string of the molecule is Cc1cc(Cl)ccc1NCC1CCCNC1. The number of piperidine rings is 1. The fourth-order valence-corrected chi connectivity index (χ4v) is 2.40. The van der Waals surface area contributed by atoms with Crippen LogP contribution < -0.4 is 10.6 Å². The molecular formula is C13H19ClN2. The van der Waals surface area contributed by atoms with E-state index in [0.717, 1.165) is 24.0 Å². The van der Waals surface area contributed by atoms with Crippen LogP contribution in [-0.2, 0) is 0 Å². The van der Waals surface area contributed by atoms with Gasteiger partial charge in [0.15, 0.2) is 0 Å². The molecule has 1 fully saturated rings. The van der Waals surface area contributed by atoms with E-state index in [1.54, 1.807) is 0 Å². The lowest BCUT2D eigenvalue weighted by atomic mass is 9.99. The molecule has 1 heterocycles. The van der Waals surface area contributed by atoms with Crippen LogP contribution in [0.15, 0.2) is 18.2 Å². The highest BCUT2D eigenvalue weighted by Crippen LogP contribution is 2.20. The molecule has 2 nitrogen and oxygen atoms in total. The number of rotatable bonds is 3. The third-order valence-corrected chi connectivity index (χ3v) is 3.40. The van der Waals surface area contributed by atoms with E-state index in [2.05, 4.69) is 23.6 Å². The van der Waals surface area contributed by atoms with Crippen molar-refractivity contribution in [3.63, 3.8) is 0 Å². The predicted octanol–water partition coefficient (Wildman–Crippen LogP) is 3.06. The zero-order chi connectivity index (χ0) is 11.4. The lowest BCUT2D eigenvalue weighted by molar-refractivity contribution is 0.393. The van der Waals surface area contributed by atoms with Crippen molar-refractivity contribution in [2.75, 3.05) is 25.0 Å². The van der Waals surface area contributed by atoms with Crippen molar-refractivity contribution >= 4 is 17.3 Å². The van der Waals surface area contributed by atoms with E-state index >= 15 is 0 Å². The first-order valence-corrected chi connectivity index (χ1v) is 6.34. The van der Waals surface area contributed by atoms with Gasteiger partial charge in [-0.05, 0) is 62.5 Å². The molecule has 1 aromatic rings. The van der Waals surface area contributed by atoms with Crippen LogP contribution >= 0.6 is 11.6 Å². The molecule has 0 spiro atoms. The van der Waals surface area contributed by atoms with Crippen molar-refractivity contribution in [2.24, 2.45) is 5.92 Å². The van der Waals surface area contributed by atoms with Crippen molar-refractivity contribution in [3.8, 4) is 0 Å². The predicted molar refractivity (Wildman–Crippen MR) is 70.3 cm³/mol. The highest BCUT2D eigenvalue weighted by atomic mass is 35.5. The summed E-state index contributed by atoms with van der Waals surface area (Å²) in [6, 6.07) is 6.01. The minimum Gasteiger partial charge on any atom is -0.385 e. The van der Waals surface area contributed by atoms with E-state index in [-0.39, 0.29) is 0 Å². The summed E-state index contributed by atoms with van der Waals surface area (Å²) >= 11 is 5.93. The summed E-state index contributed by atoms with van der Waals surface area (Å²) in [5, 5.41) is 7.75. The van der Waals surface area contributed by atoms with Gasteiger partial charge in [-0.1, -0.05) is 11.6 Å². The molecule has 88 valence electrons. The van der Waals surface area contributed by atoms with Crippen LogP contribution in [0.25, 0.3) is 0 Å². The number of hydrogen-bond acceptors (Lipinski definition) is 2. The van der Waals surface area contributed by atoms with Gasteiger partial charge in [-0.25, -0.2) is 0 Å². The average molecular weight is 239 g/mol. The normalized spacial score (nSPS) is 20.8. The Morgan fingerprint density at radius 2 is 2.38 bits per heavy atom. The first-order chi connectivity index (χ1) is 7.75. The smallest absolute Gasteiger partial charge is 0.0410 e. The van der Waals surface area contributed by atoms with Gasteiger partial charge in [-0.2, -0.15) is 0 Å². The van der Waals surface area contributed by atoms with Crippen LogP contribution in [0.3, 0.4) is 0 Å². The molecule has 3 heteroatoms. The topological polar surface area (TPSA) is 24.1 Å². The van der Waals surface area contributed by atoms with E-state index in [4.69, 9.17) is 11.6 Å². The van der Waals surface area contributed by atoms with Gasteiger partial charge in [0.2, 0.25) is 0 Å². The first kappa shape index (κ1) is 11.7. The Labute approximate surface area is 102 Å². The Hall–Kier alpha value is -0.730. The zero-order valence-corrected chi connectivity index (χ0v) is 10.5. The molecule has 0 amide bonds. The molecule has 0 aromatic heterocycles. The van der Waals surface area contributed by atoms with Gasteiger partial charge in [0.25, 0.3) is 0 Å². The molecule has 1 aromatic carbocycles. The highest BCUT2D eigenvalue weighted by Gasteiger charge is 2.12. The highest BCUT2D eigenvalue weighted by molar-refractivity contribution is 6.30. The zero-order valence-electron chi connectivity index (χ0n) is 9.72. The summed E-state index contributed by atoms with van der Waals surface area (Å²) in [6.07, 6.45) is 2.62. The van der Waals surface area contributed by atoms with E-state index < -0.39 is 0 Å². The molecular weight excluding hydrogens is 220 g/mol. The average Bonchev–Trinajstić information content (AvgIpc) is 2.29. The third-order valence-electron chi connectivity index (χ3n) is 3.17. The maximum atomic E-state index is 5.93. The molecule has 1 aliphatic rings. The molecule has 2 rings (SSSR count). The fourth-order valence-electron chi connectivity index (χ4n) is 2.18. The summed E-state index contributed by atoms with van der Waals surface area (Å²) < 4.78 is 0. The van der Waals surface area contributed by atoms with Crippen molar-refractivity contribution in [1.82, 2.24) is 5.32 Å². The van der Waals surface area contributed by atoms with Crippen molar-refractivity contribution in [3.05, 3.63) is 28.8 Å². The Morgan fingerprint density at radius 1 is 1.50 bits per heavy atom. The Bertz CT molecular complexity index is 346. The molecule has 1 saturated heterocycles. The summed E-state index contributed by atoms with van der Waals surface area (Å²) in [6.45, 7) is 5.46. The molecule has 2 N–H and O–H groups in total. The number of aryl methyl sites for hydroxylation is 1. The molecule has 1 atom stereocenters. The van der Waals surface area contributed by atoms with Crippen LogP contribution in [-0.4, -0.2) is 19.6 Å². The van der Waals surface area contributed by atoms with Gasteiger partial charge < -0.3 is 10.6 Å². The number of hydrogen-bond donors (Lipinski definition) is 2. The van der Waals surface area contributed by atoms with Gasteiger partial charge in [-0.3, -0.25) is 0 Å². The van der Waals surface area contributed by atoms with Crippen molar-refractivity contribution in [1.29, 1.82) is 0 Å². The van der Waals surface area contributed by atoms with Crippen LogP contribution in [0.5, 0.6) is 0 Å². The molecule has 0 aliphatic carbocycles. The Kier molecular flexibility index (Phi) is 4.08. The summed E-state index contributed by atoms with van der Waals surface area (Å²) in [7, 11) is 0. The molecule has 0 saturated carbocycles. The number of benzene rings is 1. The van der Waals surface area contributed by atoms with E-state index in [1.165, 1.54) is 30.6 Å². The lowest BCUT2D eigenvalue weighted by Crippen LogP contribution is -2.33. The molecule has 16 heavy (non-hydrogen) atoms. The number of anilines is 1.